The highest BCUT2D eigenvalue weighted by atomic mass is 15.2. The van der Waals surface area contributed by atoms with Gasteiger partial charge in [0.25, 0.3) is 0 Å². The van der Waals surface area contributed by atoms with E-state index in [1.807, 2.05) is 53.4 Å². The first-order chi connectivity index (χ1) is 8.42. The summed E-state index contributed by atoms with van der Waals surface area (Å²) in [5.74, 6) is 0.869. The Morgan fingerprint density at radius 3 is 2.47 bits per heavy atom. The zero-order valence-corrected chi connectivity index (χ0v) is 9.45. The number of hydrogen-bond acceptors (Lipinski definition) is 3. The maximum absolute atomic E-state index is 8.71. The summed E-state index contributed by atoms with van der Waals surface area (Å²) in [5.41, 5.74) is 1.06. The Balaban J connectivity index is 2.30. The SMILES string of the molecule is N#CCCN(c1ccccc1)c1ccccn1. The predicted octanol–water partition coefficient (Wildman–Crippen LogP) is 3.13. The van der Waals surface area contributed by atoms with Crippen LogP contribution in [0.25, 0.3) is 0 Å². The largest absolute Gasteiger partial charge is 0.325 e. The lowest BCUT2D eigenvalue weighted by molar-refractivity contribution is 0.927. The number of aromatic nitrogens is 1. The molecule has 2 aromatic rings. The van der Waals surface area contributed by atoms with E-state index in [1.165, 1.54) is 0 Å². The minimum absolute atomic E-state index is 0.478. The molecule has 0 fully saturated rings. The second-order valence-electron chi connectivity index (χ2n) is 3.58. The lowest BCUT2D eigenvalue weighted by Gasteiger charge is -2.22. The Morgan fingerprint density at radius 2 is 1.82 bits per heavy atom. The van der Waals surface area contributed by atoms with Gasteiger partial charge < -0.3 is 4.90 Å². The predicted molar refractivity (Wildman–Crippen MR) is 67.9 cm³/mol. The van der Waals surface area contributed by atoms with Gasteiger partial charge in [-0.2, -0.15) is 5.26 Å². The molecule has 3 nitrogen and oxygen atoms in total. The second kappa shape index (κ2) is 5.66. The summed E-state index contributed by atoms with van der Waals surface area (Å²) in [6.07, 6.45) is 2.24. The van der Waals surface area contributed by atoms with E-state index in [2.05, 4.69) is 11.1 Å². The molecule has 3 heteroatoms. The zero-order valence-electron chi connectivity index (χ0n) is 9.45. The maximum atomic E-state index is 8.71. The molecular weight excluding hydrogens is 210 g/mol. The third-order valence-corrected chi connectivity index (χ3v) is 2.44. The summed E-state index contributed by atoms with van der Waals surface area (Å²) in [7, 11) is 0. The third-order valence-electron chi connectivity index (χ3n) is 2.44. The maximum Gasteiger partial charge on any atom is 0.132 e. The molecule has 0 aliphatic rings. The number of nitrogens with zero attached hydrogens (tertiary/aromatic N) is 3. The summed E-state index contributed by atoms with van der Waals surface area (Å²) >= 11 is 0. The van der Waals surface area contributed by atoms with Crippen LogP contribution in [-0.4, -0.2) is 11.5 Å². The Bertz CT molecular complexity index is 448. The molecule has 0 radical (unpaired) electrons. The molecule has 0 N–H and O–H groups in total. The Kier molecular flexibility index (Phi) is 3.72. The average molecular weight is 223 g/mol. The van der Waals surface area contributed by atoms with Gasteiger partial charge in [0.05, 0.1) is 12.5 Å². The van der Waals surface area contributed by atoms with E-state index in [0.717, 1.165) is 11.5 Å². The van der Waals surface area contributed by atoms with Gasteiger partial charge in [-0.25, -0.2) is 4.98 Å². The lowest BCUT2D eigenvalue weighted by atomic mass is 10.2. The fourth-order valence-electron chi connectivity index (χ4n) is 1.66. The molecular formula is C14H13N3. The highest BCUT2D eigenvalue weighted by molar-refractivity contribution is 5.59. The topological polar surface area (TPSA) is 39.9 Å². The van der Waals surface area contributed by atoms with Crippen molar-refractivity contribution in [3.05, 3.63) is 54.7 Å². The summed E-state index contributed by atoms with van der Waals surface area (Å²) < 4.78 is 0. The average Bonchev–Trinajstić information content (AvgIpc) is 2.42. The first-order valence-electron chi connectivity index (χ1n) is 5.52. The smallest absolute Gasteiger partial charge is 0.132 e. The fraction of sp³-hybridized carbons (Fsp3) is 0.143. The van der Waals surface area contributed by atoms with Crippen LogP contribution in [0.3, 0.4) is 0 Å². The molecule has 2 rings (SSSR count). The molecule has 0 bridgehead atoms. The van der Waals surface area contributed by atoms with E-state index in [0.29, 0.717) is 13.0 Å². The van der Waals surface area contributed by atoms with Crippen molar-refractivity contribution in [3.63, 3.8) is 0 Å². The summed E-state index contributed by atoms with van der Waals surface area (Å²) in [6.45, 7) is 0.650. The summed E-state index contributed by atoms with van der Waals surface area (Å²) in [4.78, 5) is 6.37. The number of nitriles is 1. The van der Waals surface area contributed by atoms with Gasteiger partial charge in [-0.15, -0.1) is 0 Å². The normalized spacial score (nSPS) is 9.59. The lowest BCUT2D eigenvalue weighted by Crippen LogP contribution is -2.18. The second-order valence-corrected chi connectivity index (χ2v) is 3.58. The molecule has 1 aromatic heterocycles. The molecule has 0 saturated carbocycles. The molecule has 0 unspecified atom stereocenters. The standard InChI is InChI=1S/C14H13N3/c15-10-6-12-17(13-7-2-1-3-8-13)14-9-4-5-11-16-14/h1-5,7-9,11H,6,12H2. The van der Waals surface area contributed by atoms with Crippen molar-refractivity contribution in [2.24, 2.45) is 0 Å². The summed E-state index contributed by atoms with van der Waals surface area (Å²) in [5, 5.41) is 8.71. The van der Waals surface area contributed by atoms with Crippen LogP contribution in [0.1, 0.15) is 6.42 Å². The Hall–Kier alpha value is -2.34. The van der Waals surface area contributed by atoms with Crippen molar-refractivity contribution in [3.8, 4) is 6.07 Å². The van der Waals surface area contributed by atoms with Crippen LogP contribution in [0.2, 0.25) is 0 Å². The van der Waals surface area contributed by atoms with E-state index >= 15 is 0 Å². The van der Waals surface area contributed by atoms with Crippen molar-refractivity contribution < 1.29 is 0 Å². The first kappa shape index (κ1) is 11.2. The van der Waals surface area contributed by atoms with E-state index in [9.17, 15) is 0 Å². The Labute approximate surface area is 101 Å². The fourth-order valence-corrected chi connectivity index (χ4v) is 1.66. The molecule has 1 heterocycles. The van der Waals surface area contributed by atoms with Crippen LogP contribution in [0.4, 0.5) is 11.5 Å². The number of anilines is 2. The Morgan fingerprint density at radius 1 is 1.06 bits per heavy atom. The highest BCUT2D eigenvalue weighted by Crippen LogP contribution is 2.22. The van der Waals surface area contributed by atoms with E-state index in [4.69, 9.17) is 5.26 Å². The van der Waals surface area contributed by atoms with Gasteiger partial charge in [0.15, 0.2) is 0 Å². The summed E-state index contributed by atoms with van der Waals surface area (Å²) in [6, 6.07) is 17.9. The monoisotopic (exact) mass is 223 g/mol. The van der Waals surface area contributed by atoms with Crippen molar-refractivity contribution in [1.82, 2.24) is 4.98 Å². The van der Waals surface area contributed by atoms with Gasteiger partial charge >= 0.3 is 0 Å². The molecule has 1 aromatic carbocycles. The molecule has 84 valence electrons. The van der Waals surface area contributed by atoms with Crippen LogP contribution >= 0.6 is 0 Å². The van der Waals surface area contributed by atoms with Gasteiger partial charge in [0.1, 0.15) is 5.82 Å². The molecule has 0 aliphatic carbocycles. The number of pyridine rings is 1. The van der Waals surface area contributed by atoms with E-state index in [-0.39, 0.29) is 0 Å². The van der Waals surface area contributed by atoms with Gasteiger partial charge in [-0.05, 0) is 24.3 Å². The minimum Gasteiger partial charge on any atom is -0.325 e. The van der Waals surface area contributed by atoms with Crippen molar-refractivity contribution >= 4 is 11.5 Å². The van der Waals surface area contributed by atoms with Crippen molar-refractivity contribution in [2.75, 3.05) is 11.4 Å². The molecule has 0 spiro atoms. The van der Waals surface area contributed by atoms with Crippen molar-refractivity contribution in [1.29, 1.82) is 5.26 Å². The third kappa shape index (κ3) is 2.82. The molecule has 0 saturated heterocycles. The number of benzene rings is 1. The van der Waals surface area contributed by atoms with Crippen LogP contribution in [0, 0.1) is 11.3 Å². The van der Waals surface area contributed by atoms with Gasteiger partial charge in [-0.3, -0.25) is 0 Å². The first-order valence-corrected chi connectivity index (χ1v) is 5.52. The molecule has 0 aliphatic heterocycles. The van der Waals surface area contributed by atoms with Crippen LogP contribution in [-0.2, 0) is 0 Å². The van der Waals surface area contributed by atoms with E-state index in [1.54, 1.807) is 6.20 Å². The number of rotatable bonds is 4. The van der Waals surface area contributed by atoms with Crippen molar-refractivity contribution in [2.45, 2.75) is 6.42 Å². The van der Waals surface area contributed by atoms with Crippen LogP contribution < -0.4 is 4.90 Å². The molecule has 0 amide bonds. The van der Waals surface area contributed by atoms with Gasteiger partial charge in [-0.1, -0.05) is 24.3 Å². The number of hydrogen-bond donors (Lipinski definition) is 0. The molecule has 0 atom stereocenters. The highest BCUT2D eigenvalue weighted by Gasteiger charge is 2.08. The zero-order chi connectivity index (χ0) is 11.9. The molecule has 17 heavy (non-hydrogen) atoms. The van der Waals surface area contributed by atoms with E-state index < -0.39 is 0 Å². The van der Waals surface area contributed by atoms with Crippen LogP contribution in [0.15, 0.2) is 54.7 Å². The quantitative estimate of drug-likeness (QED) is 0.799. The van der Waals surface area contributed by atoms with Gasteiger partial charge in [0, 0.05) is 18.4 Å². The number of para-hydroxylation sites is 1. The minimum atomic E-state index is 0.478. The van der Waals surface area contributed by atoms with Crippen LogP contribution in [0.5, 0.6) is 0 Å². The van der Waals surface area contributed by atoms with Gasteiger partial charge in [0.2, 0.25) is 0 Å².